The Morgan fingerprint density at radius 2 is 2.08 bits per heavy atom. The molecule has 0 aliphatic rings. The van der Waals surface area contributed by atoms with E-state index in [-0.39, 0.29) is 33.7 Å². The number of hydrogen-bond donors (Lipinski definition) is 3. The van der Waals surface area contributed by atoms with Crippen molar-refractivity contribution < 1.29 is 14.8 Å². The third kappa shape index (κ3) is 2.77. The predicted octanol–water partition coefficient (Wildman–Crippen LogP) is 1.79. The fourth-order valence-electron chi connectivity index (χ4n) is 2.21. The maximum Gasteiger partial charge on any atom is 0.270 e. The molecular formula is C15H10N4O5. The van der Waals surface area contributed by atoms with Gasteiger partial charge >= 0.3 is 0 Å². The van der Waals surface area contributed by atoms with Crippen molar-refractivity contribution >= 4 is 28.3 Å². The number of amides is 1. The molecule has 9 heteroatoms. The van der Waals surface area contributed by atoms with E-state index in [1.807, 2.05) is 0 Å². The Morgan fingerprint density at radius 1 is 1.29 bits per heavy atom. The Kier molecular flexibility index (Phi) is 3.66. The number of anilines is 1. The second-order valence-corrected chi connectivity index (χ2v) is 4.86. The molecule has 9 nitrogen and oxygen atoms in total. The van der Waals surface area contributed by atoms with Crippen molar-refractivity contribution in [3.63, 3.8) is 0 Å². The molecule has 1 aromatic carbocycles. The average molecular weight is 326 g/mol. The van der Waals surface area contributed by atoms with Gasteiger partial charge in [0.25, 0.3) is 11.6 Å². The standard InChI is InChI=1S/C15H10N4O5/c20-12-2-1-5-16-14(12)18-15(22)10-7-13(21)17-11-4-3-8(19(23)24)6-9(10)11/h1-7,20H,(H,17,21)(H,16,18,22). The Morgan fingerprint density at radius 3 is 2.79 bits per heavy atom. The molecule has 0 radical (unpaired) electrons. The van der Waals surface area contributed by atoms with E-state index in [0.29, 0.717) is 0 Å². The lowest BCUT2D eigenvalue weighted by Crippen LogP contribution is -2.17. The van der Waals surface area contributed by atoms with Crippen LogP contribution < -0.4 is 10.9 Å². The molecule has 1 amide bonds. The Labute approximate surface area is 133 Å². The van der Waals surface area contributed by atoms with E-state index in [4.69, 9.17) is 0 Å². The van der Waals surface area contributed by atoms with Gasteiger partial charge in [-0.05, 0) is 18.2 Å². The van der Waals surface area contributed by atoms with E-state index in [9.17, 15) is 24.8 Å². The van der Waals surface area contributed by atoms with Gasteiger partial charge in [0.1, 0.15) is 0 Å². The molecule has 0 saturated heterocycles. The number of nitrogens with one attached hydrogen (secondary N) is 2. The summed E-state index contributed by atoms with van der Waals surface area (Å²) in [5.74, 6) is -1.05. The molecule has 0 spiro atoms. The average Bonchev–Trinajstić information content (AvgIpc) is 2.55. The number of aromatic nitrogens is 2. The first-order chi connectivity index (χ1) is 11.5. The third-order valence-corrected chi connectivity index (χ3v) is 3.30. The van der Waals surface area contributed by atoms with Crippen LogP contribution in [0.5, 0.6) is 5.75 Å². The van der Waals surface area contributed by atoms with Gasteiger partial charge in [0, 0.05) is 35.3 Å². The van der Waals surface area contributed by atoms with Crippen LogP contribution in [0.25, 0.3) is 10.9 Å². The largest absolute Gasteiger partial charge is 0.504 e. The number of rotatable bonds is 3. The predicted molar refractivity (Wildman–Crippen MR) is 85.1 cm³/mol. The zero-order valence-electron chi connectivity index (χ0n) is 12.0. The van der Waals surface area contributed by atoms with Gasteiger partial charge in [-0.2, -0.15) is 0 Å². The van der Waals surface area contributed by atoms with Crippen LogP contribution in [0.3, 0.4) is 0 Å². The molecule has 3 rings (SSSR count). The summed E-state index contributed by atoms with van der Waals surface area (Å²) >= 11 is 0. The van der Waals surface area contributed by atoms with Crippen molar-refractivity contribution in [2.75, 3.05) is 5.32 Å². The van der Waals surface area contributed by atoms with Crippen LogP contribution in [0.2, 0.25) is 0 Å². The summed E-state index contributed by atoms with van der Waals surface area (Å²) in [4.78, 5) is 40.8. The van der Waals surface area contributed by atoms with Crippen molar-refractivity contribution in [1.82, 2.24) is 9.97 Å². The van der Waals surface area contributed by atoms with Gasteiger partial charge in [-0.1, -0.05) is 0 Å². The minimum Gasteiger partial charge on any atom is -0.504 e. The number of H-pyrrole nitrogens is 1. The maximum absolute atomic E-state index is 12.4. The highest BCUT2D eigenvalue weighted by Crippen LogP contribution is 2.24. The number of nitrogens with zero attached hydrogens (tertiary/aromatic N) is 2. The highest BCUT2D eigenvalue weighted by Gasteiger charge is 2.16. The van der Waals surface area contributed by atoms with E-state index in [2.05, 4.69) is 15.3 Å². The summed E-state index contributed by atoms with van der Waals surface area (Å²) in [7, 11) is 0. The first kappa shape index (κ1) is 15.2. The number of non-ortho nitro benzene ring substituents is 1. The molecule has 0 unspecified atom stereocenters. The van der Waals surface area contributed by atoms with Gasteiger partial charge in [-0.3, -0.25) is 19.7 Å². The minimum absolute atomic E-state index is 0.0671. The molecule has 0 saturated carbocycles. The summed E-state index contributed by atoms with van der Waals surface area (Å²) in [5.41, 5.74) is -0.540. The van der Waals surface area contributed by atoms with Gasteiger partial charge in [-0.15, -0.1) is 0 Å². The summed E-state index contributed by atoms with van der Waals surface area (Å²) < 4.78 is 0. The zero-order valence-corrected chi connectivity index (χ0v) is 12.0. The number of hydrogen-bond acceptors (Lipinski definition) is 6. The highest BCUT2D eigenvalue weighted by molar-refractivity contribution is 6.12. The number of carbonyl (C=O) groups is 1. The van der Waals surface area contributed by atoms with Crippen LogP contribution in [-0.4, -0.2) is 25.9 Å². The molecule has 0 aliphatic carbocycles. The normalized spacial score (nSPS) is 10.5. The first-order valence-electron chi connectivity index (χ1n) is 6.72. The SMILES string of the molecule is O=C(Nc1ncccc1O)c1cc(=O)[nH]c2ccc([N+](=O)[O-])cc12. The molecule has 3 N–H and O–H groups in total. The number of nitro benzene ring substituents is 1. The van der Waals surface area contributed by atoms with E-state index >= 15 is 0 Å². The summed E-state index contributed by atoms with van der Waals surface area (Å²) in [6.07, 6.45) is 1.37. The van der Waals surface area contributed by atoms with Crippen molar-refractivity contribution in [2.24, 2.45) is 0 Å². The van der Waals surface area contributed by atoms with Gasteiger partial charge in [0.2, 0.25) is 5.56 Å². The zero-order chi connectivity index (χ0) is 17.3. The molecule has 120 valence electrons. The summed E-state index contributed by atoms with van der Waals surface area (Å²) in [5, 5.41) is 23.2. The minimum atomic E-state index is -0.722. The van der Waals surface area contributed by atoms with Gasteiger partial charge in [0.05, 0.1) is 10.5 Å². The number of nitro groups is 1. The van der Waals surface area contributed by atoms with Crippen LogP contribution in [0.1, 0.15) is 10.4 Å². The molecule has 3 aromatic rings. The quantitative estimate of drug-likeness (QED) is 0.495. The van der Waals surface area contributed by atoms with Crippen LogP contribution in [0, 0.1) is 10.1 Å². The van der Waals surface area contributed by atoms with Crippen molar-refractivity contribution in [1.29, 1.82) is 0 Å². The molecule has 2 heterocycles. The number of fused-ring (bicyclic) bond motifs is 1. The van der Waals surface area contributed by atoms with E-state index < -0.39 is 16.4 Å². The highest BCUT2D eigenvalue weighted by atomic mass is 16.6. The smallest absolute Gasteiger partial charge is 0.270 e. The lowest BCUT2D eigenvalue weighted by Gasteiger charge is -2.08. The molecule has 24 heavy (non-hydrogen) atoms. The van der Waals surface area contributed by atoms with Crippen LogP contribution in [-0.2, 0) is 0 Å². The number of benzene rings is 1. The van der Waals surface area contributed by atoms with Gasteiger partial charge in [0.15, 0.2) is 11.6 Å². The topological polar surface area (TPSA) is 138 Å². The lowest BCUT2D eigenvalue weighted by molar-refractivity contribution is -0.384. The monoisotopic (exact) mass is 326 g/mol. The number of pyridine rings is 2. The number of aromatic hydroxyl groups is 1. The first-order valence-corrected chi connectivity index (χ1v) is 6.72. The molecule has 0 bridgehead atoms. The molecule has 0 atom stereocenters. The second-order valence-electron chi connectivity index (χ2n) is 4.86. The van der Waals surface area contributed by atoms with E-state index in [1.54, 1.807) is 0 Å². The van der Waals surface area contributed by atoms with Crippen LogP contribution >= 0.6 is 0 Å². The third-order valence-electron chi connectivity index (χ3n) is 3.30. The van der Waals surface area contributed by atoms with Crippen molar-refractivity contribution in [3.05, 3.63) is 68.6 Å². The Bertz CT molecular complexity index is 1030. The molecule has 0 aliphatic heterocycles. The Balaban J connectivity index is 2.12. The lowest BCUT2D eigenvalue weighted by atomic mass is 10.1. The maximum atomic E-state index is 12.4. The second kappa shape index (κ2) is 5.80. The van der Waals surface area contributed by atoms with E-state index in [0.717, 1.165) is 6.07 Å². The molecular weight excluding hydrogens is 316 g/mol. The van der Waals surface area contributed by atoms with Gasteiger partial charge < -0.3 is 15.4 Å². The molecule has 0 fully saturated rings. The van der Waals surface area contributed by atoms with Crippen molar-refractivity contribution in [2.45, 2.75) is 0 Å². The summed E-state index contributed by atoms with van der Waals surface area (Å²) in [6, 6.07) is 7.62. The van der Waals surface area contributed by atoms with Crippen LogP contribution in [0.4, 0.5) is 11.5 Å². The summed E-state index contributed by atoms with van der Waals surface area (Å²) in [6.45, 7) is 0. The fourth-order valence-corrected chi connectivity index (χ4v) is 2.21. The Hall–Kier alpha value is -3.75. The molecule has 2 aromatic heterocycles. The van der Waals surface area contributed by atoms with E-state index in [1.165, 1.54) is 36.5 Å². The van der Waals surface area contributed by atoms with Gasteiger partial charge in [-0.25, -0.2) is 4.98 Å². The van der Waals surface area contributed by atoms with Crippen LogP contribution in [0.15, 0.2) is 47.4 Å². The fraction of sp³-hybridized carbons (Fsp3) is 0. The number of aromatic amines is 1. The number of carbonyl (C=O) groups excluding carboxylic acids is 1. The van der Waals surface area contributed by atoms with Crippen molar-refractivity contribution in [3.8, 4) is 5.75 Å².